The fourth-order valence-electron chi connectivity index (χ4n) is 1.06. The molecule has 16 heavy (non-hydrogen) atoms. The van der Waals surface area contributed by atoms with Crippen LogP contribution in [-0.4, -0.2) is 22.5 Å². The maximum Gasteiger partial charge on any atom is 0.360 e. The van der Waals surface area contributed by atoms with Crippen LogP contribution in [0.3, 0.4) is 0 Å². The first-order chi connectivity index (χ1) is 7.36. The molecular formula is C11H15ClN2O2. The monoisotopic (exact) mass is 242 g/mol. The first kappa shape index (κ1) is 12.9. The van der Waals surface area contributed by atoms with Gasteiger partial charge in [0.15, 0.2) is 10.8 Å². The number of ether oxygens (including phenoxy) is 1. The van der Waals surface area contributed by atoms with Gasteiger partial charge in [0.05, 0.1) is 18.5 Å². The van der Waals surface area contributed by atoms with Crippen molar-refractivity contribution in [3.8, 4) is 0 Å². The summed E-state index contributed by atoms with van der Waals surface area (Å²) in [6, 6.07) is 0. The van der Waals surface area contributed by atoms with E-state index < -0.39 is 5.97 Å². The Bertz CT molecular complexity index is 399. The normalized spacial score (nSPS) is 11.3. The molecule has 0 saturated carbocycles. The van der Waals surface area contributed by atoms with Crippen LogP contribution in [0.4, 0.5) is 0 Å². The topological polar surface area (TPSA) is 52.1 Å². The third-order valence-electron chi connectivity index (χ3n) is 1.97. The van der Waals surface area contributed by atoms with Gasteiger partial charge in [0.25, 0.3) is 0 Å². The fourth-order valence-corrected chi connectivity index (χ4v) is 1.28. The second-order valence-electron chi connectivity index (χ2n) is 4.37. The minimum absolute atomic E-state index is 0.0662. The Morgan fingerprint density at radius 3 is 2.56 bits per heavy atom. The number of hydrogen-bond donors (Lipinski definition) is 0. The summed E-state index contributed by atoms with van der Waals surface area (Å²) in [5.41, 5.74) is 0.658. The van der Waals surface area contributed by atoms with Crippen LogP contribution >= 0.6 is 11.6 Å². The molecule has 0 bridgehead atoms. The Kier molecular flexibility index (Phi) is 3.86. The summed E-state index contributed by atoms with van der Waals surface area (Å²) in [7, 11) is 0. The van der Waals surface area contributed by atoms with Gasteiger partial charge in [-0.15, -0.1) is 0 Å². The van der Waals surface area contributed by atoms with Gasteiger partial charge in [-0.3, -0.25) is 0 Å². The van der Waals surface area contributed by atoms with E-state index in [9.17, 15) is 4.79 Å². The molecule has 1 aromatic heterocycles. The lowest BCUT2D eigenvalue weighted by atomic mass is 9.93. The highest BCUT2D eigenvalue weighted by molar-refractivity contribution is 6.32. The smallest absolute Gasteiger partial charge is 0.360 e. The van der Waals surface area contributed by atoms with Gasteiger partial charge in [-0.1, -0.05) is 32.4 Å². The van der Waals surface area contributed by atoms with E-state index in [1.165, 1.54) is 0 Å². The highest BCUT2D eigenvalue weighted by Gasteiger charge is 2.20. The van der Waals surface area contributed by atoms with Crippen LogP contribution in [-0.2, 0) is 10.2 Å². The molecular weight excluding hydrogens is 228 g/mol. The van der Waals surface area contributed by atoms with Crippen molar-refractivity contribution in [2.45, 2.75) is 33.1 Å². The number of carbonyl (C=O) groups excluding carboxylic acids is 1. The average Bonchev–Trinajstić information content (AvgIpc) is 2.16. The molecule has 0 fully saturated rings. The third-order valence-corrected chi connectivity index (χ3v) is 2.23. The zero-order chi connectivity index (χ0) is 12.3. The van der Waals surface area contributed by atoms with E-state index in [2.05, 4.69) is 9.97 Å². The van der Waals surface area contributed by atoms with Gasteiger partial charge in [0.1, 0.15) is 0 Å². The van der Waals surface area contributed by atoms with Crippen molar-refractivity contribution < 1.29 is 9.53 Å². The summed E-state index contributed by atoms with van der Waals surface area (Å²) in [6.07, 6.45) is 1.55. The van der Waals surface area contributed by atoms with Gasteiger partial charge < -0.3 is 4.74 Å². The standard InChI is InChI=1S/C11H15ClN2O2/c1-5-16-10(15)8-9(12)14-7(6-13-8)11(2,3)4/h6H,5H2,1-4H3. The van der Waals surface area contributed by atoms with Gasteiger partial charge in [-0.25, -0.2) is 14.8 Å². The molecule has 1 aromatic rings. The van der Waals surface area contributed by atoms with Gasteiger partial charge in [0.2, 0.25) is 0 Å². The van der Waals surface area contributed by atoms with Crippen molar-refractivity contribution in [3.63, 3.8) is 0 Å². The maximum atomic E-state index is 11.4. The van der Waals surface area contributed by atoms with E-state index in [1.54, 1.807) is 13.1 Å². The molecule has 4 nitrogen and oxygen atoms in total. The number of carbonyl (C=O) groups is 1. The summed E-state index contributed by atoms with van der Waals surface area (Å²) in [5, 5.41) is 0.0888. The van der Waals surface area contributed by atoms with E-state index in [0.717, 1.165) is 5.69 Å². The van der Waals surface area contributed by atoms with Gasteiger partial charge >= 0.3 is 5.97 Å². The summed E-state index contributed by atoms with van der Waals surface area (Å²) >= 11 is 5.89. The Hall–Kier alpha value is -1.16. The number of hydrogen-bond acceptors (Lipinski definition) is 4. The van der Waals surface area contributed by atoms with Crippen LogP contribution in [0.25, 0.3) is 0 Å². The number of esters is 1. The molecule has 0 aliphatic rings. The summed E-state index contributed by atoms with van der Waals surface area (Å²) in [6.45, 7) is 8.01. The van der Waals surface area contributed by atoms with E-state index >= 15 is 0 Å². The molecule has 5 heteroatoms. The molecule has 0 saturated heterocycles. The molecule has 0 unspecified atom stereocenters. The highest BCUT2D eigenvalue weighted by Crippen LogP contribution is 2.22. The summed E-state index contributed by atoms with van der Waals surface area (Å²) in [4.78, 5) is 19.6. The summed E-state index contributed by atoms with van der Waals surface area (Å²) < 4.78 is 4.81. The fraction of sp³-hybridized carbons (Fsp3) is 0.545. The van der Waals surface area contributed by atoms with E-state index in [1.807, 2.05) is 20.8 Å². The van der Waals surface area contributed by atoms with Crippen molar-refractivity contribution in [2.24, 2.45) is 0 Å². The third kappa shape index (κ3) is 2.92. The van der Waals surface area contributed by atoms with Crippen LogP contribution < -0.4 is 0 Å². The molecule has 0 N–H and O–H groups in total. The first-order valence-electron chi connectivity index (χ1n) is 5.06. The predicted molar refractivity (Wildman–Crippen MR) is 61.7 cm³/mol. The molecule has 1 rings (SSSR count). The molecule has 88 valence electrons. The van der Waals surface area contributed by atoms with E-state index in [-0.39, 0.29) is 22.9 Å². The highest BCUT2D eigenvalue weighted by atomic mass is 35.5. The quantitative estimate of drug-likeness (QED) is 0.748. The van der Waals surface area contributed by atoms with Crippen molar-refractivity contribution in [1.29, 1.82) is 0 Å². The molecule has 0 amide bonds. The van der Waals surface area contributed by atoms with Crippen LogP contribution in [0.15, 0.2) is 6.20 Å². The van der Waals surface area contributed by atoms with E-state index in [0.29, 0.717) is 0 Å². The lowest BCUT2D eigenvalue weighted by molar-refractivity contribution is 0.0519. The Labute approximate surface area is 100 Å². The van der Waals surface area contributed by atoms with Crippen molar-refractivity contribution >= 4 is 17.6 Å². The number of nitrogens with zero attached hydrogens (tertiary/aromatic N) is 2. The lowest BCUT2D eigenvalue weighted by Gasteiger charge is -2.17. The van der Waals surface area contributed by atoms with Gasteiger partial charge in [0, 0.05) is 5.41 Å². The Balaban J connectivity index is 3.05. The van der Waals surface area contributed by atoms with E-state index in [4.69, 9.17) is 16.3 Å². The molecule has 0 spiro atoms. The lowest BCUT2D eigenvalue weighted by Crippen LogP contribution is -2.17. The average molecular weight is 243 g/mol. The number of aromatic nitrogens is 2. The summed E-state index contributed by atoms with van der Waals surface area (Å²) in [5.74, 6) is -0.541. The second-order valence-corrected chi connectivity index (χ2v) is 4.72. The molecule has 0 radical (unpaired) electrons. The molecule has 1 heterocycles. The van der Waals surface area contributed by atoms with Crippen LogP contribution in [0.5, 0.6) is 0 Å². The van der Waals surface area contributed by atoms with Crippen molar-refractivity contribution in [3.05, 3.63) is 22.7 Å². The first-order valence-corrected chi connectivity index (χ1v) is 5.44. The van der Waals surface area contributed by atoms with Gasteiger partial charge in [-0.05, 0) is 6.92 Å². The van der Waals surface area contributed by atoms with Gasteiger partial charge in [-0.2, -0.15) is 0 Å². The SMILES string of the molecule is CCOC(=O)c1ncc(C(C)(C)C)nc1Cl. The van der Waals surface area contributed by atoms with Crippen molar-refractivity contribution in [1.82, 2.24) is 9.97 Å². The van der Waals surface area contributed by atoms with Crippen LogP contribution in [0, 0.1) is 0 Å². The van der Waals surface area contributed by atoms with Crippen molar-refractivity contribution in [2.75, 3.05) is 6.61 Å². The molecule has 0 aliphatic carbocycles. The Morgan fingerprint density at radius 1 is 1.50 bits per heavy atom. The second kappa shape index (κ2) is 4.78. The Morgan fingerprint density at radius 2 is 2.12 bits per heavy atom. The molecule has 0 atom stereocenters. The number of rotatable bonds is 2. The minimum atomic E-state index is -0.541. The van der Waals surface area contributed by atoms with Crippen LogP contribution in [0.1, 0.15) is 43.9 Å². The maximum absolute atomic E-state index is 11.4. The molecule has 0 aromatic carbocycles. The molecule has 0 aliphatic heterocycles. The largest absolute Gasteiger partial charge is 0.461 e. The minimum Gasteiger partial charge on any atom is -0.461 e. The predicted octanol–water partition coefficient (Wildman–Crippen LogP) is 2.60. The zero-order valence-corrected chi connectivity index (χ0v) is 10.6. The zero-order valence-electron chi connectivity index (χ0n) is 9.87. The van der Waals surface area contributed by atoms with Crippen LogP contribution in [0.2, 0.25) is 5.15 Å². The number of halogens is 1.